The Morgan fingerprint density at radius 2 is 1.43 bits per heavy atom. The van der Waals surface area contributed by atoms with Crippen molar-refractivity contribution in [3.63, 3.8) is 0 Å². The van der Waals surface area contributed by atoms with E-state index in [4.69, 9.17) is 5.73 Å². The van der Waals surface area contributed by atoms with E-state index in [1.165, 1.54) is 0 Å². The molecule has 0 saturated heterocycles. The van der Waals surface area contributed by atoms with E-state index < -0.39 is 0 Å². The second kappa shape index (κ2) is 8.70. The van der Waals surface area contributed by atoms with Gasteiger partial charge in [-0.3, -0.25) is 9.59 Å². The van der Waals surface area contributed by atoms with Crippen molar-refractivity contribution in [1.29, 1.82) is 0 Å². The van der Waals surface area contributed by atoms with Crippen LogP contribution in [0, 0.1) is 0 Å². The maximum Gasteiger partial charge on any atom is 0.228 e. The molecular formula is C18H21N3O2. The van der Waals surface area contributed by atoms with Crippen LogP contribution in [0.25, 0.3) is 0 Å². The summed E-state index contributed by atoms with van der Waals surface area (Å²) in [6, 6.07) is 16.8. The van der Waals surface area contributed by atoms with Gasteiger partial charge < -0.3 is 16.4 Å². The molecule has 0 heterocycles. The average Bonchev–Trinajstić information content (AvgIpc) is 2.55. The Labute approximate surface area is 135 Å². The molecule has 0 aliphatic carbocycles. The Bertz CT molecular complexity index is 639. The minimum atomic E-state index is -0.0651. The SMILES string of the molecule is NCCNC(=O)Cc1ccc(NC(=O)Cc2ccccc2)cc1. The number of rotatable bonds is 7. The van der Waals surface area contributed by atoms with E-state index in [2.05, 4.69) is 10.6 Å². The minimum Gasteiger partial charge on any atom is -0.355 e. The van der Waals surface area contributed by atoms with Crippen LogP contribution in [-0.4, -0.2) is 24.9 Å². The standard InChI is InChI=1S/C18H21N3O2/c19-10-11-20-17(22)12-15-6-8-16(9-7-15)21-18(23)13-14-4-2-1-3-5-14/h1-9H,10-13,19H2,(H,20,22)(H,21,23). The van der Waals surface area contributed by atoms with Crippen LogP contribution in [0.2, 0.25) is 0 Å². The van der Waals surface area contributed by atoms with Crippen LogP contribution < -0.4 is 16.4 Å². The van der Waals surface area contributed by atoms with E-state index in [0.717, 1.165) is 16.8 Å². The Balaban J connectivity index is 1.84. The Kier molecular flexibility index (Phi) is 6.32. The molecule has 120 valence electrons. The monoisotopic (exact) mass is 311 g/mol. The van der Waals surface area contributed by atoms with Gasteiger partial charge in [0.25, 0.3) is 0 Å². The molecule has 0 unspecified atom stereocenters. The van der Waals surface area contributed by atoms with Gasteiger partial charge in [-0.2, -0.15) is 0 Å². The van der Waals surface area contributed by atoms with Gasteiger partial charge in [0.05, 0.1) is 12.8 Å². The van der Waals surface area contributed by atoms with Crippen molar-refractivity contribution >= 4 is 17.5 Å². The fraction of sp³-hybridized carbons (Fsp3) is 0.222. The summed E-state index contributed by atoms with van der Waals surface area (Å²) in [6.45, 7) is 0.907. The maximum absolute atomic E-state index is 12.0. The molecule has 0 fully saturated rings. The molecule has 0 aromatic heterocycles. The van der Waals surface area contributed by atoms with E-state index in [0.29, 0.717) is 25.9 Å². The van der Waals surface area contributed by atoms with Gasteiger partial charge in [0.15, 0.2) is 0 Å². The normalized spacial score (nSPS) is 10.1. The highest BCUT2D eigenvalue weighted by atomic mass is 16.2. The first-order chi connectivity index (χ1) is 11.2. The van der Waals surface area contributed by atoms with Crippen LogP contribution in [0.15, 0.2) is 54.6 Å². The zero-order valence-electron chi connectivity index (χ0n) is 12.9. The number of nitrogens with two attached hydrogens (primary N) is 1. The van der Waals surface area contributed by atoms with Gasteiger partial charge >= 0.3 is 0 Å². The fourth-order valence-electron chi connectivity index (χ4n) is 2.15. The lowest BCUT2D eigenvalue weighted by Gasteiger charge is -2.07. The first-order valence-electron chi connectivity index (χ1n) is 7.57. The maximum atomic E-state index is 12.0. The molecule has 5 nitrogen and oxygen atoms in total. The van der Waals surface area contributed by atoms with Crippen molar-refractivity contribution in [2.75, 3.05) is 18.4 Å². The number of carbonyl (C=O) groups excluding carboxylic acids is 2. The molecule has 4 N–H and O–H groups in total. The average molecular weight is 311 g/mol. The molecule has 0 radical (unpaired) electrons. The molecule has 2 amide bonds. The molecule has 0 saturated carbocycles. The Morgan fingerprint density at radius 3 is 2.09 bits per heavy atom. The molecule has 0 atom stereocenters. The summed E-state index contributed by atoms with van der Waals surface area (Å²) in [4.78, 5) is 23.6. The van der Waals surface area contributed by atoms with Crippen molar-refractivity contribution in [2.24, 2.45) is 5.73 Å². The highest BCUT2D eigenvalue weighted by Gasteiger charge is 2.05. The third-order valence-corrected chi connectivity index (χ3v) is 3.28. The second-order valence-electron chi connectivity index (χ2n) is 5.22. The van der Waals surface area contributed by atoms with E-state index >= 15 is 0 Å². The van der Waals surface area contributed by atoms with Gasteiger partial charge in [-0.15, -0.1) is 0 Å². The highest BCUT2D eigenvalue weighted by Crippen LogP contribution is 2.11. The van der Waals surface area contributed by atoms with Gasteiger partial charge in [-0.1, -0.05) is 42.5 Å². The molecule has 5 heteroatoms. The number of hydrogen-bond acceptors (Lipinski definition) is 3. The summed E-state index contributed by atoms with van der Waals surface area (Å²) >= 11 is 0. The van der Waals surface area contributed by atoms with Crippen LogP contribution in [0.1, 0.15) is 11.1 Å². The predicted molar refractivity (Wildman–Crippen MR) is 91.0 cm³/mol. The molecular weight excluding hydrogens is 290 g/mol. The summed E-state index contributed by atoms with van der Waals surface area (Å²) in [5.74, 6) is -0.124. The Hall–Kier alpha value is -2.66. The van der Waals surface area contributed by atoms with Gasteiger partial charge in [-0.25, -0.2) is 0 Å². The minimum absolute atomic E-state index is 0.0590. The second-order valence-corrected chi connectivity index (χ2v) is 5.22. The number of amides is 2. The predicted octanol–water partition coefficient (Wildman–Crippen LogP) is 1.49. The van der Waals surface area contributed by atoms with E-state index in [-0.39, 0.29) is 11.8 Å². The van der Waals surface area contributed by atoms with Crippen LogP contribution in [0.3, 0.4) is 0 Å². The van der Waals surface area contributed by atoms with E-state index in [1.807, 2.05) is 42.5 Å². The lowest BCUT2D eigenvalue weighted by atomic mass is 10.1. The fourth-order valence-corrected chi connectivity index (χ4v) is 2.15. The summed E-state index contributed by atoms with van der Waals surface area (Å²) in [6.07, 6.45) is 0.641. The van der Waals surface area contributed by atoms with Crippen molar-refractivity contribution in [3.05, 3.63) is 65.7 Å². The molecule has 0 aliphatic rings. The largest absolute Gasteiger partial charge is 0.355 e. The number of anilines is 1. The first kappa shape index (κ1) is 16.7. The van der Waals surface area contributed by atoms with Crippen LogP contribution in [-0.2, 0) is 22.4 Å². The topological polar surface area (TPSA) is 84.2 Å². The zero-order chi connectivity index (χ0) is 16.5. The van der Waals surface area contributed by atoms with Crippen molar-refractivity contribution in [3.8, 4) is 0 Å². The number of benzene rings is 2. The quantitative estimate of drug-likeness (QED) is 0.724. The highest BCUT2D eigenvalue weighted by molar-refractivity contribution is 5.92. The van der Waals surface area contributed by atoms with Crippen LogP contribution in [0.5, 0.6) is 0 Å². The van der Waals surface area contributed by atoms with Gasteiger partial charge in [-0.05, 0) is 23.3 Å². The third-order valence-electron chi connectivity index (χ3n) is 3.28. The van der Waals surface area contributed by atoms with Crippen molar-refractivity contribution < 1.29 is 9.59 Å². The van der Waals surface area contributed by atoms with Crippen LogP contribution >= 0.6 is 0 Å². The summed E-state index contributed by atoms with van der Waals surface area (Å²) in [7, 11) is 0. The van der Waals surface area contributed by atoms with Gasteiger partial charge in [0, 0.05) is 18.8 Å². The molecule has 2 aromatic carbocycles. The summed E-state index contributed by atoms with van der Waals surface area (Å²) in [5.41, 5.74) is 7.92. The number of hydrogen-bond donors (Lipinski definition) is 3. The van der Waals surface area contributed by atoms with Crippen molar-refractivity contribution in [2.45, 2.75) is 12.8 Å². The molecule has 0 bridgehead atoms. The molecule has 23 heavy (non-hydrogen) atoms. The lowest BCUT2D eigenvalue weighted by molar-refractivity contribution is -0.120. The third kappa shape index (κ3) is 5.92. The van der Waals surface area contributed by atoms with Gasteiger partial charge in [0.2, 0.25) is 11.8 Å². The van der Waals surface area contributed by atoms with E-state index in [1.54, 1.807) is 12.1 Å². The lowest BCUT2D eigenvalue weighted by Crippen LogP contribution is -2.30. The molecule has 0 aliphatic heterocycles. The smallest absolute Gasteiger partial charge is 0.228 e. The zero-order valence-corrected chi connectivity index (χ0v) is 12.9. The van der Waals surface area contributed by atoms with Crippen molar-refractivity contribution in [1.82, 2.24) is 5.32 Å². The summed E-state index contributed by atoms with van der Waals surface area (Å²) in [5, 5.41) is 5.57. The molecule has 2 rings (SSSR count). The van der Waals surface area contributed by atoms with E-state index in [9.17, 15) is 9.59 Å². The number of nitrogens with one attached hydrogen (secondary N) is 2. The summed E-state index contributed by atoms with van der Waals surface area (Å²) < 4.78 is 0. The molecule has 0 spiro atoms. The molecule has 2 aromatic rings. The van der Waals surface area contributed by atoms with Crippen LogP contribution in [0.4, 0.5) is 5.69 Å². The Morgan fingerprint density at radius 1 is 0.826 bits per heavy atom. The van der Waals surface area contributed by atoms with Gasteiger partial charge in [0.1, 0.15) is 0 Å². The first-order valence-corrected chi connectivity index (χ1v) is 7.57. The number of carbonyl (C=O) groups is 2.